The van der Waals surface area contributed by atoms with Crippen molar-refractivity contribution in [2.75, 3.05) is 0 Å². The Morgan fingerprint density at radius 3 is 1.21 bits per heavy atom. The standard InChI is InChI=1S/C51H68B2O4/c1-13-15-17-19-21-37-30-38(22-20-18-16-14-2)32-40(31-37)51(39-28-35(3)27-36(4)29-39)45-33-41(52-54-47(5,6)48(7,8)55-52)23-25-43(45)44-26-24-42(34-46(44)51)53-56-49(9,10)50(11,12)57-53/h23-34H,13-22H2,1-12H3. The van der Waals surface area contributed by atoms with Crippen LogP contribution >= 0.6 is 0 Å². The summed E-state index contributed by atoms with van der Waals surface area (Å²) in [6.07, 6.45) is 12.1. The van der Waals surface area contributed by atoms with Gasteiger partial charge in [0.15, 0.2) is 0 Å². The van der Waals surface area contributed by atoms with Crippen molar-refractivity contribution in [3.05, 3.63) is 117 Å². The number of benzene rings is 4. The van der Waals surface area contributed by atoms with Gasteiger partial charge in [-0.15, -0.1) is 0 Å². The van der Waals surface area contributed by atoms with Crippen LogP contribution in [0.2, 0.25) is 0 Å². The highest BCUT2D eigenvalue weighted by molar-refractivity contribution is 6.62. The van der Waals surface area contributed by atoms with E-state index < -0.39 is 42.1 Å². The van der Waals surface area contributed by atoms with Crippen molar-refractivity contribution in [1.82, 2.24) is 0 Å². The Labute approximate surface area is 346 Å². The Morgan fingerprint density at radius 2 is 0.825 bits per heavy atom. The van der Waals surface area contributed by atoms with E-state index in [4.69, 9.17) is 18.6 Å². The highest BCUT2D eigenvalue weighted by Crippen LogP contribution is 2.56. The van der Waals surface area contributed by atoms with Gasteiger partial charge < -0.3 is 18.6 Å². The molecule has 2 aliphatic heterocycles. The van der Waals surface area contributed by atoms with E-state index in [-0.39, 0.29) is 0 Å². The van der Waals surface area contributed by atoms with Crippen LogP contribution in [0.1, 0.15) is 165 Å². The van der Waals surface area contributed by atoms with Gasteiger partial charge in [0.25, 0.3) is 0 Å². The van der Waals surface area contributed by atoms with Crippen LogP contribution in [-0.4, -0.2) is 36.6 Å². The fourth-order valence-electron chi connectivity index (χ4n) is 9.37. The highest BCUT2D eigenvalue weighted by Gasteiger charge is 2.55. The first-order chi connectivity index (χ1) is 26.9. The summed E-state index contributed by atoms with van der Waals surface area (Å²) in [6, 6.07) is 28.8. The molecule has 0 atom stereocenters. The topological polar surface area (TPSA) is 36.9 Å². The van der Waals surface area contributed by atoms with E-state index in [1.54, 1.807) is 0 Å². The molecule has 3 aliphatic rings. The Balaban J connectivity index is 1.51. The Bertz CT molecular complexity index is 1930. The normalized spacial score (nSPS) is 19.6. The summed E-state index contributed by atoms with van der Waals surface area (Å²) < 4.78 is 27.0. The summed E-state index contributed by atoms with van der Waals surface area (Å²) in [7, 11) is -0.944. The molecule has 2 fully saturated rings. The van der Waals surface area contributed by atoms with E-state index in [0.29, 0.717) is 0 Å². The molecule has 0 N–H and O–H groups in total. The van der Waals surface area contributed by atoms with Crippen LogP contribution in [0, 0.1) is 13.8 Å². The molecule has 57 heavy (non-hydrogen) atoms. The van der Waals surface area contributed by atoms with Crippen molar-refractivity contribution in [1.29, 1.82) is 0 Å². The summed E-state index contributed by atoms with van der Waals surface area (Å²) in [6.45, 7) is 26.2. The molecule has 302 valence electrons. The van der Waals surface area contributed by atoms with E-state index >= 15 is 0 Å². The molecule has 0 aromatic heterocycles. The van der Waals surface area contributed by atoms with Gasteiger partial charge in [0.1, 0.15) is 0 Å². The van der Waals surface area contributed by atoms with Crippen LogP contribution in [0.5, 0.6) is 0 Å². The van der Waals surface area contributed by atoms with Gasteiger partial charge in [0, 0.05) is 0 Å². The van der Waals surface area contributed by atoms with Gasteiger partial charge >= 0.3 is 14.2 Å². The molecule has 6 heteroatoms. The van der Waals surface area contributed by atoms with Crippen molar-refractivity contribution in [2.24, 2.45) is 0 Å². The predicted octanol–water partition coefficient (Wildman–Crippen LogP) is 11.5. The Hall–Kier alpha value is -3.15. The first-order valence-corrected chi connectivity index (χ1v) is 22.1. The molecule has 4 aromatic rings. The Morgan fingerprint density at radius 1 is 0.439 bits per heavy atom. The van der Waals surface area contributed by atoms with E-state index in [0.717, 1.165) is 23.8 Å². The van der Waals surface area contributed by atoms with Gasteiger partial charge in [-0.05, 0) is 150 Å². The molecule has 0 radical (unpaired) electrons. The van der Waals surface area contributed by atoms with Gasteiger partial charge in [-0.2, -0.15) is 0 Å². The molecular weight excluding hydrogens is 698 g/mol. The average molecular weight is 767 g/mol. The van der Waals surface area contributed by atoms with Crippen molar-refractivity contribution in [2.45, 2.75) is 175 Å². The van der Waals surface area contributed by atoms with Gasteiger partial charge in [-0.25, -0.2) is 0 Å². The number of unbranched alkanes of at least 4 members (excludes halogenated alkanes) is 6. The van der Waals surface area contributed by atoms with Gasteiger partial charge in [0.2, 0.25) is 0 Å². The minimum Gasteiger partial charge on any atom is -0.399 e. The monoisotopic (exact) mass is 767 g/mol. The number of hydrogen-bond acceptors (Lipinski definition) is 4. The molecule has 0 amide bonds. The van der Waals surface area contributed by atoms with E-state index in [9.17, 15) is 0 Å². The molecule has 4 aromatic carbocycles. The molecule has 7 rings (SSSR count). The largest absolute Gasteiger partial charge is 0.494 e. The highest BCUT2D eigenvalue weighted by atomic mass is 16.7. The molecule has 2 saturated heterocycles. The summed E-state index contributed by atoms with van der Waals surface area (Å²) in [5, 5.41) is 0. The summed E-state index contributed by atoms with van der Waals surface area (Å²) in [4.78, 5) is 0. The lowest BCUT2D eigenvalue weighted by Crippen LogP contribution is -2.41. The zero-order valence-electron chi connectivity index (χ0n) is 37.3. The maximum Gasteiger partial charge on any atom is 0.494 e. The minimum atomic E-state index is -0.613. The number of hydrogen-bond donors (Lipinski definition) is 0. The van der Waals surface area contributed by atoms with Crippen LogP contribution in [0.25, 0.3) is 11.1 Å². The molecule has 2 heterocycles. The number of aryl methyl sites for hydroxylation is 4. The van der Waals surface area contributed by atoms with Crippen LogP contribution in [-0.2, 0) is 36.9 Å². The van der Waals surface area contributed by atoms with Crippen molar-refractivity contribution in [3.8, 4) is 11.1 Å². The van der Waals surface area contributed by atoms with Crippen LogP contribution < -0.4 is 10.9 Å². The van der Waals surface area contributed by atoms with Crippen LogP contribution in [0.3, 0.4) is 0 Å². The van der Waals surface area contributed by atoms with E-state index in [1.807, 2.05) is 0 Å². The average Bonchev–Trinajstić information content (AvgIpc) is 3.65. The quantitative estimate of drug-likeness (QED) is 0.0833. The second-order valence-electron chi connectivity index (χ2n) is 19.6. The van der Waals surface area contributed by atoms with Gasteiger partial charge in [0.05, 0.1) is 27.8 Å². The van der Waals surface area contributed by atoms with Gasteiger partial charge in [-0.1, -0.05) is 136 Å². The second-order valence-corrected chi connectivity index (χ2v) is 19.6. The third-order valence-corrected chi connectivity index (χ3v) is 14.0. The zero-order valence-corrected chi connectivity index (χ0v) is 37.3. The lowest BCUT2D eigenvalue weighted by Gasteiger charge is -2.36. The zero-order chi connectivity index (χ0) is 41.0. The summed E-state index contributed by atoms with van der Waals surface area (Å²) in [5.41, 5.74) is 12.8. The van der Waals surface area contributed by atoms with E-state index in [2.05, 4.69) is 156 Å². The Kier molecular flexibility index (Phi) is 11.6. The third kappa shape index (κ3) is 7.74. The lowest BCUT2D eigenvalue weighted by molar-refractivity contribution is 0.00578. The first-order valence-electron chi connectivity index (χ1n) is 22.1. The molecule has 0 unspecified atom stereocenters. The second kappa shape index (κ2) is 15.8. The number of rotatable bonds is 14. The fourth-order valence-corrected chi connectivity index (χ4v) is 9.37. The molecule has 0 bridgehead atoms. The summed E-state index contributed by atoms with van der Waals surface area (Å²) >= 11 is 0. The summed E-state index contributed by atoms with van der Waals surface area (Å²) in [5.74, 6) is 0. The smallest absolute Gasteiger partial charge is 0.399 e. The molecule has 0 spiro atoms. The van der Waals surface area contributed by atoms with Crippen molar-refractivity contribution >= 4 is 25.2 Å². The molecule has 4 nitrogen and oxygen atoms in total. The van der Waals surface area contributed by atoms with Crippen molar-refractivity contribution in [3.63, 3.8) is 0 Å². The van der Waals surface area contributed by atoms with Gasteiger partial charge in [-0.3, -0.25) is 0 Å². The maximum atomic E-state index is 6.74. The predicted molar refractivity (Wildman–Crippen MR) is 240 cm³/mol. The first kappa shape index (κ1) is 42.0. The van der Waals surface area contributed by atoms with Crippen molar-refractivity contribution < 1.29 is 18.6 Å². The maximum absolute atomic E-state index is 6.74. The minimum absolute atomic E-state index is 0.444. The number of fused-ring (bicyclic) bond motifs is 3. The lowest BCUT2D eigenvalue weighted by atomic mass is 9.64. The SMILES string of the molecule is CCCCCCc1cc(CCCCCC)cc(C2(c3cc(C)cc(C)c3)c3cc(B4OC(C)(C)C(C)(C)O4)ccc3-c3ccc(B4OC(C)(C)C(C)(C)O4)cc32)c1. The van der Waals surface area contributed by atoms with Crippen LogP contribution in [0.15, 0.2) is 72.8 Å². The van der Waals surface area contributed by atoms with E-state index in [1.165, 1.54) is 107 Å². The fraction of sp³-hybridized carbons (Fsp3) is 0.529. The van der Waals surface area contributed by atoms with Crippen LogP contribution in [0.4, 0.5) is 0 Å². The molecule has 1 aliphatic carbocycles. The molecular formula is C51H68B2O4. The third-order valence-electron chi connectivity index (χ3n) is 14.0. The molecule has 0 saturated carbocycles.